The van der Waals surface area contributed by atoms with Gasteiger partial charge in [0.25, 0.3) is 0 Å². The van der Waals surface area contributed by atoms with Crippen molar-refractivity contribution >= 4 is 10.0 Å². The van der Waals surface area contributed by atoms with E-state index in [0.29, 0.717) is 0 Å². The summed E-state index contributed by atoms with van der Waals surface area (Å²) in [6, 6.07) is 4.09. The van der Waals surface area contributed by atoms with Crippen molar-refractivity contribution in [1.82, 2.24) is 4.72 Å². The second-order valence-electron chi connectivity index (χ2n) is 3.58. The van der Waals surface area contributed by atoms with Crippen molar-refractivity contribution in [1.29, 1.82) is 5.26 Å². The van der Waals surface area contributed by atoms with Crippen LogP contribution in [0.25, 0.3) is 0 Å². The summed E-state index contributed by atoms with van der Waals surface area (Å²) in [4.78, 5) is -0.377. The number of nitrogens with one attached hydrogen (secondary N) is 1. The first kappa shape index (κ1) is 15.3. The number of hydrogen-bond donors (Lipinski definition) is 1. The molecule has 0 aromatic heterocycles. The topological polar surface area (TPSA) is 79.2 Å². The van der Waals surface area contributed by atoms with Crippen molar-refractivity contribution in [3.63, 3.8) is 0 Å². The summed E-state index contributed by atoms with van der Waals surface area (Å²) in [5, 5.41) is 9.00. The molecule has 0 bridgehead atoms. The van der Waals surface area contributed by atoms with Gasteiger partial charge < -0.3 is 4.74 Å². The van der Waals surface area contributed by atoms with Gasteiger partial charge in [-0.1, -0.05) is 13.0 Å². The first-order chi connectivity index (χ1) is 8.83. The van der Waals surface area contributed by atoms with Crippen molar-refractivity contribution in [3.05, 3.63) is 23.3 Å². The van der Waals surface area contributed by atoms with E-state index in [1.165, 1.54) is 19.1 Å². The standard InChI is InChI=1S/C11H12F2N2O3S/c1-3-15-19(16,17)9-5-4-7(2)10(8(9)6-14)18-11(12)13/h4-5,11,15H,3H2,1-2H3. The Morgan fingerprint density at radius 2 is 2.11 bits per heavy atom. The maximum Gasteiger partial charge on any atom is 0.387 e. The van der Waals surface area contributed by atoms with Gasteiger partial charge in [0, 0.05) is 6.54 Å². The van der Waals surface area contributed by atoms with Gasteiger partial charge in [-0.2, -0.15) is 14.0 Å². The average molecular weight is 290 g/mol. The van der Waals surface area contributed by atoms with Crippen LogP contribution in [0.2, 0.25) is 0 Å². The molecule has 8 heteroatoms. The lowest BCUT2D eigenvalue weighted by atomic mass is 10.1. The smallest absolute Gasteiger partial charge is 0.387 e. The molecule has 0 aliphatic carbocycles. The van der Waals surface area contributed by atoms with Gasteiger partial charge in [0.1, 0.15) is 22.3 Å². The maximum atomic E-state index is 12.3. The molecule has 0 aliphatic rings. The minimum absolute atomic E-state index is 0.117. The van der Waals surface area contributed by atoms with Crippen LogP contribution < -0.4 is 9.46 Å². The zero-order valence-corrected chi connectivity index (χ0v) is 11.1. The fourth-order valence-electron chi connectivity index (χ4n) is 1.51. The van der Waals surface area contributed by atoms with E-state index in [1.807, 2.05) is 0 Å². The molecule has 0 saturated carbocycles. The second kappa shape index (κ2) is 5.95. The average Bonchev–Trinajstić information content (AvgIpc) is 2.30. The van der Waals surface area contributed by atoms with Crippen LogP contribution in [0.5, 0.6) is 5.75 Å². The van der Waals surface area contributed by atoms with E-state index in [0.717, 1.165) is 0 Å². The quantitative estimate of drug-likeness (QED) is 0.896. The molecule has 0 spiro atoms. The maximum absolute atomic E-state index is 12.3. The molecule has 0 amide bonds. The van der Waals surface area contributed by atoms with E-state index in [4.69, 9.17) is 5.26 Å². The lowest BCUT2D eigenvalue weighted by Gasteiger charge is -2.13. The van der Waals surface area contributed by atoms with Crippen LogP contribution in [-0.2, 0) is 10.0 Å². The first-order valence-electron chi connectivity index (χ1n) is 5.31. The number of aryl methyl sites for hydroxylation is 1. The van der Waals surface area contributed by atoms with E-state index >= 15 is 0 Å². The summed E-state index contributed by atoms with van der Waals surface area (Å²) in [7, 11) is -3.93. The second-order valence-corrected chi connectivity index (χ2v) is 5.31. The molecule has 1 aromatic carbocycles. The summed E-state index contributed by atoms with van der Waals surface area (Å²) < 4.78 is 54.7. The number of halogens is 2. The molecule has 19 heavy (non-hydrogen) atoms. The van der Waals surface area contributed by atoms with E-state index in [2.05, 4.69) is 9.46 Å². The molecular formula is C11H12F2N2O3S. The van der Waals surface area contributed by atoms with Gasteiger partial charge in [0.05, 0.1) is 0 Å². The van der Waals surface area contributed by atoms with Crippen LogP contribution in [0.15, 0.2) is 17.0 Å². The fourth-order valence-corrected chi connectivity index (χ4v) is 2.70. The third-order valence-electron chi connectivity index (χ3n) is 2.26. The molecule has 5 nitrogen and oxygen atoms in total. The summed E-state index contributed by atoms with van der Waals surface area (Å²) >= 11 is 0. The fraction of sp³-hybridized carbons (Fsp3) is 0.364. The van der Waals surface area contributed by atoms with Crippen LogP contribution in [0, 0.1) is 18.3 Å². The number of ether oxygens (including phenoxy) is 1. The number of hydrogen-bond acceptors (Lipinski definition) is 4. The van der Waals surface area contributed by atoms with E-state index in [-0.39, 0.29) is 17.0 Å². The zero-order valence-electron chi connectivity index (χ0n) is 10.3. The predicted molar refractivity (Wildman–Crippen MR) is 63.4 cm³/mol. The van der Waals surface area contributed by atoms with E-state index < -0.39 is 27.9 Å². The summed E-state index contributed by atoms with van der Waals surface area (Å²) in [5.41, 5.74) is -0.173. The van der Waals surface area contributed by atoms with Gasteiger partial charge in [-0.3, -0.25) is 0 Å². The number of nitriles is 1. The highest BCUT2D eigenvalue weighted by Gasteiger charge is 2.23. The van der Waals surface area contributed by atoms with E-state index in [1.54, 1.807) is 13.0 Å². The van der Waals surface area contributed by atoms with Gasteiger partial charge in [0.15, 0.2) is 0 Å². The Bertz CT molecular complexity index is 609. The number of rotatable bonds is 5. The van der Waals surface area contributed by atoms with Crippen molar-refractivity contribution < 1.29 is 21.9 Å². The minimum atomic E-state index is -3.93. The highest BCUT2D eigenvalue weighted by atomic mass is 32.2. The van der Waals surface area contributed by atoms with Gasteiger partial charge in [-0.25, -0.2) is 13.1 Å². The molecule has 0 radical (unpaired) electrons. The van der Waals surface area contributed by atoms with Crippen molar-refractivity contribution in [2.24, 2.45) is 0 Å². The molecule has 0 atom stereocenters. The van der Waals surface area contributed by atoms with Crippen LogP contribution in [0.1, 0.15) is 18.1 Å². The Labute approximate surface area is 109 Å². The zero-order chi connectivity index (χ0) is 14.6. The molecule has 0 heterocycles. The molecule has 0 unspecified atom stereocenters. The molecule has 1 rings (SSSR count). The Balaban J connectivity index is 3.49. The van der Waals surface area contributed by atoms with Gasteiger partial charge >= 0.3 is 6.61 Å². The number of benzene rings is 1. The van der Waals surface area contributed by atoms with Crippen LogP contribution in [0.4, 0.5) is 8.78 Å². The highest BCUT2D eigenvalue weighted by Crippen LogP contribution is 2.30. The SMILES string of the molecule is CCNS(=O)(=O)c1ccc(C)c(OC(F)F)c1C#N. The molecule has 104 valence electrons. The summed E-state index contributed by atoms with van der Waals surface area (Å²) in [6.45, 7) is -0.00856. The summed E-state index contributed by atoms with van der Waals surface area (Å²) in [6.07, 6.45) is 0. The third kappa shape index (κ3) is 3.39. The van der Waals surface area contributed by atoms with Crippen molar-refractivity contribution in [2.45, 2.75) is 25.4 Å². The lowest BCUT2D eigenvalue weighted by molar-refractivity contribution is -0.0506. The molecule has 0 saturated heterocycles. The number of alkyl halides is 2. The molecule has 0 aliphatic heterocycles. The first-order valence-corrected chi connectivity index (χ1v) is 6.80. The van der Waals surface area contributed by atoms with Crippen molar-refractivity contribution in [3.8, 4) is 11.8 Å². The Hall–Kier alpha value is -1.72. The minimum Gasteiger partial charge on any atom is -0.433 e. The van der Waals surface area contributed by atoms with Gasteiger partial charge in [0.2, 0.25) is 10.0 Å². The van der Waals surface area contributed by atoms with Crippen LogP contribution in [0.3, 0.4) is 0 Å². The number of nitrogens with zero attached hydrogens (tertiary/aromatic N) is 1. The Morgan fingerprint density at radius 1 is 1.47 bits per heavy atom. The molecular weight excluding hydrogens is 278 g/mol. The van der Waals surface area contributed by atoms with Gasteiger partial charge in [-0.15, -0.1) is 0 Å². The summed E-state index contributed by atoms with van der Waals surface area (Å²) in [5.74, 6) is -0.420. The number of sulfonamides is 1. The highest BCUT2D eigenvalue weighted by molar-refractivity contribution is 7.89. The van der Waals surface area contributed by atoms with Crippen LogP contribution >= 0.6 is 0 Å². The normalized spacial score (nSPS) is 11.4. The van der Waals surface area contributed by atoms with Crippen molar-refractivity contribution in [2.75, 3.05) is 6.54 Å². The Morgan fingerprint density at radius 3 is 2.58 bits per heavy atom. The molecule has 1 N–H and O–H groups in total. The van der Waals surface area contributed by atoms with E-state index in [9.17, 15) is 17.2 Å². The monoisotopic (exact) mass is 290 g/mol. The van der Waals surface area contributed by atoms with Crippen LogP contribution in [-0.4, -0.2) is 21.6 Å². The molecule has 0 fully saturated rings. The third-order valence-corrected chi connectivity index (χ3v) is 3.85. The molecule has 1 aromatic rings. The predicted octanol–water partition coefficient (Wildman–Crippen LogP) is 1.77. The Kier molecular flexibility index (Phi) is 4.80. The lowest BCUT2D eigenvalue weighted by Crippen LogP contribution is -2.24. The largest absolute Gasteiger partial charge is 0.433 e. The van der Waals surface area contributed by atoms with Gasteiger partial charge in [-0.05, 0) is 18.6 Å².